The fourth-order valence-corrected chi connectivity index (χ4v) is 6.04. The Hall–Kier alpha value is -1.18. The van der Waals surface area contributed by atoms with Crippen molar-refractivity contribution in [1.82, 2.24) is 9.29 Å². The van der Waals surface area contributed by atoms with Gasteiger partial charge < -0.3 is 9.47 Å². The smallest absolute Gasteiger partial charge is 0.248 e. The standard InChI is InChI=1S/C18H28N2O4S/c1-4-23-14-8-11-19-13-15(14)25(21,22)20(3)16-12-17(24-5-2)18(16)9-6-7-10-18/h8,11,13,16-17H,4-7,9-10,12H2,1-3H3/t16-,17+/m1/s1. The largest absolute Gasteiger partial charge is 0.492 e. The number of sulfonamides is 1. The first-order valence-electron chi connectivity index (χ1n) is 9.13. The third-order valence-electron chi connectivity index (χ3n) is 5.79. The Morgan fingerprint density at radius 3 is 2.64 bits per heavy atom. The van der Waals surface area contributed by atoms with Crippen molar-refractivity contribution in [3.63, 3.8) is 0 Å². The van der Waals surface area contributed by atoms with Crippen LogP contribution in [0.4, 0.5) is 0 Å². The van der Waals surface area contributed by atoms with E-state index in [1.807, 2.05) is 13.8 Å². The second kappa shape index (κ2) is 7.21. The van der Waals surface area contributed by atoms with Gasteiger partial charge in [-0.1, -0.05) is 12.8 Å². The highest BCUT2D eigenvalue weighted by atomic mass is 32.2. The zero-order valence-electron chi connectivity index (χ0n) is 15.3. The molecule has 1 spiro atoms. The SMILES string of the molecule is CCOc1ccncc1S(=O)(=O)N(C)[C@@H]1C[C@H](OCC)C12CCCC2. The lowest BCUT2D eigenvalue weighted by molar-refractivity contribution is -0.145. The first-order chi connectivity index (χ1) is 12.0. The molecule has 0 amide bonds. The van der Waals surface area contributed by atoms with Crippen molar-refractivity contribution in [3.05, 3.63) is 18.5 Å². The number of pyridine rings is 1. The molecule has 0 radical (unpaired) electrons. The minimum Gasteiger partial charge on any atom is -0.492 e. The minimum atomic E-state index is -3.66. The molecule has 1 heterocycles. The Morgan fingerprint density at radius 1 is 1.28 bits per heavy atom. The summed E-state index contributed by atoms with van der Waals surface area (Å²) in [7, 11) is -1.98. The first kappa shape index (κ1) is 18.6. The lowest BCUT2D eigenvalue weighted by Gasteiger charge is -2.56. The van der Waals surface area contributed by atoms with E-state index in [-0.39, 0.29) is 22.5 Å². The van der Waals surface area contributed by atoms with Crippen LogP contribution in [-0.2, 0) is 14.8 Å². The monoisotopic (exact) mass is 368 g/mol. The van der Waals surface area contributed by atoms with Gasteiger partial charge in [-0.25, -0.2) is 8.42 Å². The molecule has 7 heteroatoms. The van der Waals surface area contributed by atoms with Gasteiger partial charge in [0.05, 0.1) is 18.9 Å². The second-order valence-electron chi connectivity index (χ2n) is 6.91. The van der Waals surface area contributed by atoms with Crippen LogP contribution in [0.25, 0.3) is 0 Å². The summed E-state index contributed by atoms with van der Waals surface area (Å²) in [6, 6.07) is 1.59. The number of nitrogens with zero attached hydrogens (tertiary/aromatic N) is 2. The summed E-state index contributed by atoms with van der Waals surface area (Å²) >= 11 is 0. The van der Waals surface area contributed by atoms with Gasteiger partial charge in [0.1, 0.15) is 10.6 Å². The maximum Gasteiger partial charge on any atom is 0.248 e. The average molecular weight is 368 g/mol. The van der Waals surface area contributed by atoms with E-state index in [0.717, 1.165) is 32.1 Å². The third kappa shape index (κ3) is 3.06. The van der Waals surface area contributed by atoms with Crippen molar-refractivity contribution in [2.45, 2.75) is 63.0 Å². The van der Waals surface area contributed by atoms with Crippen LogP contribution in [0.15, 0.2) is 23.4 Å². The number of hydrogen-bond acceptors (Lipinski definition) is 5. The van der Waals surface area contributed by atoms with Crippen LogP contribution in [0.1, 0.15) is 46.0 Å². The summed E-state index contributed by atoms with van der Waals surface area (Å²) in [6.45, 7) is 4.93. The summed E-state index contributed by atoms with van der Waals surface area (Å²) in [4.78, 5) is 4.15. The quantitative estimate of drug-likeness (QED) is 0.740. The highest BCUT2D eigenvalue weighted by Gasteiger charge is 2.59. The van der Waals surface area contributed by atoms with E-state index in [2.05, 4.69) is 4.98 Å². The molecule has 0 aliphatic heterocycles. The van der Waals surface area contributed by atoms with Gasteiger partial charge in [-0.05, 0) is 39.2 Å². The normalized spacial score (nSPS) is 25.3. The molecule has 1 aromatic rings. The van der Waals surface area contributed by atoms with Gasteiger partial charge in [0.15, 0.2) is 0 Å². The van der Waals surface area contributed by atoms with E-state index in [0.29, 0.717) is 19.0 Å². The van der Waals surface area contributed by atoms with Gasteiger partial charge in [-0.15, -0.1) is 0 Å². The topological polar surface area (TPSA) is 68.7 Å². The maximum absolute atomic E-state index is 13.2. The molecule has 0 N–H and O–H groups in total. The molecule has 2 fully saturated rings. The molecule has 2 saturated carbocycles. The molecule has 0 saturated heterocycles. The van der Waals surface area contributed by atoms with Crippen LogP contribution in [-0.4, -0.2) is 50.1 Å². The molecule has 2 aliphatic carbocycles. The molecular formula is C18H28N2O4S. The molecule has 0 bridgehead atoms. The van der Waals surface area contributed by atoms with Gasteiger partial charge in [0.25, 0.3) is 0 Å². The zero-order chi connectivity index (χ0) is 18.1. The Bertz CT molecular complexity index is 701. The van der Waals surface area contributed by atoms with Gasteiger partial charge in [0.2, 0.25) is 10.0 Å². The van der Waals surface area contributed by atoms with Crippen molar-refractivity contribution in [3.8, 4) is 5.75 Å². The summed E-state index contributed by atoms with van der Waals surface area (Å²) in [6.07, 6.45) is 8.22. The van der Waals surface area contributed by atoms with E-state index < -0.39 is 10.0 Å². The van der Waals surface area contributed by atoms with Crippen LogP contribution in [0, 0.1) is 5.41 Å². The van der Waals surface area contributed by atoms with Crippen LogP contribution >= 0.6 is 0 Å². The summed E-state index contributed by atoms with van der Waals surface area (Å²) < 4.78 is 39.4. The minimum absolute atomic E-state index is 0.0220. The van der Waals surface area contributed by atoms with Crippen molar-refractivity contribution in [2.24, 2.45) is 5.41 Å². The number of aromatic nitrogens is 1. The predicted molar refractivity (Wildman–Crippen MR) is 95.1 cm³/mol. The molecule has 140 valence electrons. The number of hydrogen-bond donors (Lipinski definition) is 0. The lowest BCUT2D eigenvalue weighted by atomic mass is 9.60. The highest BCUT2D eigenvalue weighted by Crippen LogP contribution is 2.57. The van der Waals surface area contributed by atoms with Gasteiger partial charge in [0, 0.05) is 31.3 Å². The lowest BCUT2D eigenvalue weighted by Crippen LogP contribution is -2.63. The predicted octanol–water partition coefficient (Wildman–Crippen LogP) is 2.84. The zero-order valence-corrected chi connectivity index (χ0v) is 16.1. The Kier molecular flexibility index (Phi) is 5.37. The van der Waals surface area contributed by atoms with Crippen LogP contribution in [0.5, 0.6) is 5.75 Å². The summed E-state index contributed by atoms with van der Waals surface area (Å²) in [5.74, 6) is 0.366. The molecule has 0 unspecified atom stereocenters. The molecule has 0 aromatic carbocycles. The molecule has 2 atom stereocenters. The van der Waals surface area contributed by atoms with E-state index >= 15 is 0 Å². The first-order valence-corrected chi connectivity index (χ1v) is 10.6. The molecule has 25 heavy (non-hydrogen) atoms. The molecule has 3 rings (SSSR count). The fraction of sp³-hybridized carbons (Fsp3) is 0.722. The van der Waals surface area contributed by atoms with Crippen LogP contribution in [0.3, 0.4) is 0 Å². The summed E-state index contributed by atoms with van der Waals surface area (Å²) in [5.41, 5.74) is -0.0359. The Balaban J connectivity index is 1.89. The Labute approximate surface area is 150 Å². The van der Waals surface area contributed by atoms with Gasteiger partial charge in [-0.3, -0.25) is 4.98 Å². The molecule has 2 aliphatic rings. The molecule has 1 aromatic heterocycles. The van der Waals surface area contributed by atoms with Crippen molar-refractivity contribution >= 4 is 10.0 Å². The van der Waals surface area contributed by atoms with Crippen LogP contribution < -0.4 is 4.74 Å². The van der Waals surface area contributed by atoms with Crippen molar-refractivity contribution < 1.29 is 17.9 Å². The number of ether oxygens (including phenoxy) is 2. The molecule has 6 nitrogen and oxygen atoms in total. The van der Waals surface area contributed by atoms with E-state index in [1.165, 1.54) is 10.5 Å². The third-order valence-corrected chi connectivity index (χ3v) is 7.66. The fourth-order valence-electron chi connectivity index (χ4n) is 4.52. The van der Waals surface area contributed by atoms with Crippen LogP contribution in [0.2, 0.25) is 0 Å². The maximum atomic E-state index is 13.2. The van der Waals surface area contributed by atoms with Crippen molar-refractivity contribution in [1.29, 1.82) is 0 Å². The molecular weight excluding hydrogens is 340 g/mol. The van der Waals surface area contributed by atoms with Crippen molar-refractivity contribution in [2.75, 3.05) is 20.3 Å². The van der Waals surface area contributed by atoms with E-state index in [9.17, 15) is 8.42 Å². The van der Waals surface area contributed by atoms with Gasteiger partial charge in [-0.2, -0.15) is 4.31 Å². The Morgan fingerprint density at radius 2 is 2.00 bits per heavy atom. The second-order valence-corrected chi connectivity index (χ2v) is 8.88. The average Bonchev–Trinajstić information content (AvgIpc) is 3.11. The summed E-state index contributed by atoms with van der Waals surface area (Å²) in [5, 5.41) is 0. The van der Waals surface area contributed by atoms with E-state index in [4.69, 9.17) is 9.47 Å². The highest BCUT2D eigenvalue weighted by molar-refractivity contribution is 7.89. The number of rotatable bonds is 7. The van der Waals surface area contributed by atoms with E-state index in [1.54, 1.807) is 19.3 Å². The van der Waals surface area contributed by atoms with Gasteiger partial charge >= 0.3 is 0 Å².